The smallest absolute Gasteiger partial charge is 0.433 e. The number of nitrogens with one attached hydrogen (secondary N) is 1. The van der Waals surface area contributed by atoms with Crippen molar-refractivity contribution in [3.8, 4) is 5.75 Å². The zero-order valence-electron chi connectivity index (χ0n) is 11.3. The minimum atomic E-state index is -4.52. The van der Waals surface area contributed by atoms with Crippen LogP contribution < -0.4 is 10.1 Å². The Morgan fingerprint density at radius 2 is 2.05 bits per heavy atom. The number of alkyl halides is 3. The molecule has 1 aromatic heterocycles. The molecule has 0 aliphatic carbocycles. The maximum Gasteiger partial charge on any atom is 0.433 e. The fourth-order valence-electron chi connectivity index (χ4n) is 2.16. The predicted octanol–water partition coefficient (Wildman–Crippen LogP) is 3.29. The van der Waals surface area contributed by atoms with Crippen molar-refractivity contribution < 1.29 is 22.7 Å². The Kier molecular flexibility index (Phi) is 3.48. The van der Waals surface area contributed by atoms with Crippen molar-refractivity contribution in [3.63, 3.8) is 0 Å². The zero-order chi connectivity index (χ0) is 15.7. The molecule has 0 radical (unpaired) electrons. The van der Waals surface area contributed by atoms with E-state index in [0.717, 1.165) is 36.1 Å². The number of hydrogen-bond donors (Lipinski definition) is 1. The molecule has 1 aliphatic heterocycles. The number of anilines is 1. The number of pyridine rings is 1. The number of fused-ring (bicyclic) bond motifs is 1. The van der Waals surface area contributed by atoms with Gasteiger partial charge in [-0.1, -0.05) is 0 Å². The fourth-order valence-corrected chi connectivity index (χ4v) is 2.16. The third kappa shape index (κ3) is 2.88. The third-order valence-corrected chi connectivity index (χ3v) is 3.26. The van der Waals surface area contributed by atoms with Crippen molar-refractivity contribution >= 4 is 11.6 Å². The van der Waals surface area contributed by atoms with E-state index >= 15 is 0 Å². The highest BCUT2D eigenvalue weighted by Gasteiger charge is 2.32. The molecule has 0 bridgehead atoms. The summed E-state index contributed by atoms with van der Waals surface area (Å²) in [5.74, 6) is 0.272. The quantitative estimate of drug-likeness (QED) is 0.926. The molecule has 1 N–H and O–H groups in total. The van der Waals surface area contributed by atoms with E-state index < -0.39 is 17.8 Å². The van der Waals surface area contributed by atoms with Crippen LogP contribution in [-0.2, 0) is 12.6 Å². The Hall–Kier alpha value is -2.57. The molecule has 1 amide bonds. The summed E-state index contributed by atoms with van der Waals surface area (Å²) in [6.45, 7) is 0.607. The molecular weight excluding hydrogens is 297 g/mol. The van der Waals surface area contributed by atoms with Crippen LogP contribution in [-0.4, -0.2) is 17.5 Å². The lowest BCUT2D eigenvalue weighted by Gasteiger charge is -2.08. The molecule has 2 aromatic rings. The van der Waals surface area contributed by atoms with E-state index in [2.05, 4.69) is 10.3 Å². The second-order valence-corrected chi connectivity index (χ2v) is 4.80. The average molecular weight is 308 g/mol. The van der Waals surface area contributed by atoms with Gasteiger partial charge in [-0.25, -0.2) is 0 Å². The molecule has 3 rings (SSSR count). The van der Waals surface area contributed by atoms with Crippen LogP contribution in [0, 0.1) is 0 Å². The van der Waals surface area contributed by atoms with Crippen LogP contribution in [0.25, 0.3) is 0 Å². The molecule has 22 heavy (non-hydrogen) atoms. The van der Waals surface area contributed by atoms with Gasteiger partial charge in [-0.3, -0.25) is 9.78 Å². The van der Waals surface area contributed by atoms with Crippen LogP contribution in [0.3, 0.4) is 0 Å². The number of benzene rings is 1. The Morgan fingerprint density at radius 3 is 2.73 bits per heavy atom. The molecule has 0 atom stereocenters. The van der Waals surface area contributed by atoms with E-state index in [1.807, 2.05) is 0 Å². The summed E-state index contributed by atoms with van der Waals surface area (Å²) in [6, 6.07) is 7.10. The van der Waals surface area contributed by atoms with Gasteiger partial charge < -0.3 is 10.1 Å². The van der Waals surface area contributed by atoms with Crippen LogP contribution in [0.2, 0.25) is 0 Å². The average Bonchev–Trinajstić information content (AvgIpc) is 2.94. The van der Waals surface area contributed by atoms with Gasteiger partial charge in [0.25, 0.3) is 5.91 Å². The van der Waals surface area contributed by atoms with Crippen LogP contribution in [0.5, 0.6) is 5.75 Å². The molecule has 0 fully saturated rings. The first-order valence-electron chi connectivity index (χ1n) is 6.54. The van der Waals surface area contributed by atoms with Gasteiger partial charge in [0.2, 0.25) is 0 Å². The van der Waals surface area contributed by atoms with Gasteiger partial charge >= 0.3 is 6.18 Å². The predicted molar refractivity (Wildman–Crippen MR) is 72.8 cm³/mol. The van der Waals surface area contributed by atoms with E-state index in [0.29, 0.717) is 12.3 Å². The van der Waals surface area contributed by atoms with Gasteiger partial charge in [-0.2, -0.15) is 13.2 Å². The summed E-state index contributed by atoms with van der Waals surface area (Å²) in [7, 11) is 0. The Bertz CT molecular complexity index is 712. The minimum Gasteiger partial charge on any atom is -0.493 e. The minimum absolute atomic E-state index is 0.0600. The van der Waals surface area contributed by atoms with E-state index in [9.17, 15) is 18.0 Å². The number of halogens is 3. The number of rotatable bonds is 2. The van der Waals surface area contributed by atoms with Crippen LogP contribution >= 0.6 is 0 Å². The van der Waals surface area contributed by atoms with Crippen LogP contribution in [0.4, 0.5) is 18.9 Å². The van der Waals surface area contributed by atoms with Crippen molar-refractivity contribution in [2.75, 3.05) is 11.9 Å². The number of carbonyl (C=O) groups excluding carboxylic acids is 1. The molecule has 0 saturated heterocycles. The summed E-state index contributed by atoms with van der Waals surface area (Å²) in [5, 5.41) is 2.63. The number of hydrogen-bond acceptors (Lipinski definition) is 3. The topological polar surface area (TPSA) is 51.2 Å². The van der Waals surface area contributed by atoms with Gasteiger partial charge in [-0.15, -0.1) is 0 Å². The van der Waals surface area contributed by atoms with E-state index in [4.69, 9.17) is 4.74 Å². The Morgan fingerprint density at radius 1 is 1.23 bits per heavy atom. The van der Waals surface area contributed by atoms with E-state index in [1.54, 1.807) is 18.2 Å². The molecule has 1 aromatic carbocycles. The SMILES string of the molecule is O=C(Nc1ccc2c(c1)CCO2)c1ccc(C(F)(F)F)nc1. The first-order valence-corrected chi connectivity index (χ1v) is 6.54. The van der Waals surface area contributed by atoms with Crippen molar-refractivity contribution in [2.24, 2.45) is 0 Å². The molecule has 0 unspecified atom stereocenters. The second-order valence-electron chi connectivity index (χ2n) is 4.80. The number of aromatic nitrogens is 1. The lowest BCUT2D eigenvalue weighted by atomic mass is 10.1. The van der Waals surface area contributed by atoms with Gasteiger partial charge in [-0.05, 0) is 35.9 Å². The molecule has 7 heteroatoms. The summed E-state index contributed by atoms with van der Waals surface area (Å²) in [6.07, 6.45) is -2.84. The first-order chi connectivity index (χ1) is 10.4. The number of amides is 1. The number of ether oxygens (including phenoxy) is 1. The molecular formula is C15H11F3N2O2. The van der Waals surface area contributed by atoms with Gasteiger partial charge in [0.15, 0.2) is 0 Å². The molecule has 1 aliphatic rings. The van der Waals surface area contributed by atoms with Crippen molar-refractivity contribution in [1.82, 2.24) is 4.98 Å². The van der Waals surface area contributed by atoms with Crippen molar-refractivity contribution in [3.05, 3.63) is 53.3 Å². The summed E-state index contributed by atoms with van der Waals surface area (Å²) in [5.41, 5.74) is 0.584. The van der Waals surface area contributed by atoms with E-state index in [1.165, 1.54) is 0 Å². The highest BCUT2D eigenvalue weighted by molar-refractivity contribution is 6.04. The number of carbonyl (C=O) groups is 1. The molecule has 0 saturated carbocycles. The molecule has 0 spiro atoms. The lowest BCUT2D eigenvalue weighted by molar-refractivity contribution is -0.141. The van der Waals surface area contributed by atoms with E-state index in [-0.39, 0.29) is 5.56 Å². The van der Waals surface area contributed by atoms with Gasteiger partial charge in [0, 0.05) is 18.3 Å². The standard InChI is InChI=1S/C15H11F3N2O2/c16-15(17,18)13-4-1-10(8-19-13)14(21)20-11-2-3-12-9(7-11)5-6-22-12/h1-4,7-8H,5-6H2,(H,20,21). The highest BCUT2D eigenvalue weighted by Crippen LogP contribution is 2.29. The fraction of sp³-hybridized carbons (Fsp3) is 0.200. The van der Waals surface area contributed by atoms with Crippen molar-refractivity contribution in [2.45, 2.75) is 12.6 Å². The molecule has 2 heterocycles. The van der Waals surface area contributed by atoms with Crippen LogP contribution in [0.1, 0.15) is 21.6 Å². The molecule has 4 nitrogen and oxygen atoms in total. The normalized spacial score (nSPS) is 13.4. The Labute approximate surface area is 123 Å². The van der Waals surface area contributed by atoms with Crippen LogP contribution in [0.15, 0.2) is 36.5 Å². The lowest BCUT2D eigenvalue weighted by Crippen LogP contribution is -2.14. The first kappa shape index (κ1) is 14.4. The summed E-state index contributed by atoms with van der Waals surface area (Å²) < 4.78 is 42.6. The highest BCUT2D eigenvalue weighted by atomic mass is 19.4. The monoisotopic (exact) mass is 308 g/mol. The number of nitrogens with zero attached hydrogens (tertiary/aromatic N) is 1. The van der Waals surface area contributed by atoms with Crippen molar-refractivity contribution in [1.29, 1.82) is 0 Å². The maximum atomic E-state index is 12.4. The second kappa shape index (κ2) is 5.32. The largest absolute Gasteiger partial charge is 0.493 e. The van der Waals surface area contributed by atoms with Gasteiger partial charge in [0.1, 0.15) is 11.4 Å². The van der Waals surface area contributed by atoms with Gasteiger partial charge in [0.05, 0.1) is 12.2 Å². The Balaban J connectivity index is 1.74. The molecule has 114 valence electrons. The summed E-state index contributed by atoms with van der Waals surface area (Å²) >= 11 is 0. The third-order valence-electron chi connectivity index (χ3n) is 3.26. The zero-order valence-corrected chi connectivity index (χ0v) is 11.3. The maximum absolute atomic E-state index is 12.4. The summed E-state index contributed by atoms with van der Waals surface area (Å²) in [4.78, 5) is 15.3.